The van der Waals surface area contributed by atoms with Crippen molar-refractivity contribution in [1.29, 1.82) is 0 Å². The molecule has 0 fully saturated rings. The SMILES string of the molecule is COc1ccc2cc(CNC(=O)CC(C)CN)ccc2c1. The maximum Gasteiger partial charge on any atom is 0.220 e. The normalized spacial score (nSPS) is 12.1. The average Bonchev–Trinajstić information content (AvgIpc) is 2.52. The summed E-state index contributed by atoms with van der Waals surface area (Å²) in [6, 6.07) is 12.1. The quantitative estimate of drug-likeness (QED) is 0.857. The van der Waals surface area contributed by atoms with Gasteiger partial charge >= 0.3 is 0 Å². The van der Waals surface area contributed by atoms with E-state index in [9.17, 15) is 4.79 Å². The van der Waals surface area contributed by atoms with E-state index in [1.54, 1.807) is 7.11 Å². The van der Waals surface area contributed by atoms with Crippen molar-refractivity contribution in [3.63, 3.8) is 0 Å². The molecule has 0 spiro atoms. The number of hydrogen-bond donors (Lipinski definition) is 2. The van der Waals surface area contributed by atoms with Gasteiger partial charge in [-0.1, -0.05) is 25.1 Å². The third kappa shape index (κ3) is 4.20. The number of fused-ring (bicyclic) bond motifs is 1. The van der Waals surface area contributed by atoms with E-state index in [0.717, 1.165) is 22.1 Å². The Kier molecular flexibility index (Phi) is 5.17. The van der Waals surface area contributed by atoms with Crippen LogP contribution in [0.1, 0.15) is 18.9 Å². The number of hydrogen-bond acceptors (Lipinski definition) is 3. The Labute approximate surface area is 125 Å². The minimum absolute atomic E-state index is 0.0442. The van der Waals surface area contributed by atoms with Gasteiger partial charge in [0.2, 0.25) is 5.91 Å². The van der Waals surface area contributed by atoms with Crippen molar-refractivity contribution in [2.24, 2.45) is 11.7 Å². The molecule has 2 aromatic carbocycles. The number of methoxy groups -OCH3 is 1. The van der Waals surface area contributed by atoms with Crippen LogP contribution in [0, 0.1) is 5.92 Å². The first-order valence-electron chi connectivity index (χ1n) is 7.16. The van der Waals surface area contributed by atoms with E-state index in [1.807, 2.05) is 37.3 Å². The fourth-order valence-electron chi connectivity index (χ4n) is 2.18. The van der Waals surface area contributed by atoms with Crippen LogP contribution in [-0.4, -0.2) is 19.6 Å². The second-order valence-electron chi connectivity index (χ2n) is 5.37. The number of benzene rings is 2. The van der Waals surface area contributed by atoms with Gasteiger partial charge in [-0.05, 0) is 47.0 Å². The molecule has 0 radical (unpaired) electrons. The molecule has 0 bridgehead atoms. The molecule has 0 saturated heterocycles. The highest BCUT2D eigenvalue weighted by molar-refractivity contribution is 5.84. The summed E-state index contributed by atoms with van der Waals surface area (Å²) in [4.78, 5) is 11.7. The van der Waals surface area contributed by atoms with Gasteiger partial charge in [0, 0.05) is 13.0 Å². The number of amides is 1. The van der Waals surface area contributed by atoms with Crippen LogP contribution in [0.25, 0.3) is 10.8 Å². The predicted molar refractivity (Wildman–Crippen MR) is 85.2 cm³/mol. The first kappa shape index (κ1) is 15.3. The van der Waals surface area contributed by atoms with E-state index in [4.69, 9.17) is 10.5 Å². The fraction of sp³-hybridized carbons (Fsp3) is 0.353. The topological polar surface area (TPSA) is 64.3 Å². The summed E-state index contributed by atoms with van der Waals surface area (Å²) in [5.74, 6) is 1.11. The Morgan fingerprint density at radius 2 is 1.95 bits per heavy atom. The molecule has 2 aromatic rings. The van der Waals surface area contributed by atoms with Gasteiger partial charge in [-0.15, -0.1) is 0 Å². The summed E-state index contributed by atoms with van der Waals surface area (Å²) in [7, 11) is 1.66. The van der Waals surface area contributed by atoms with Crippen molar-refractivity contribution in [3.8, 4) is 5.75 Å². The van der Waals surface area contributed by atoms with E-state index in [-0.39, 0.29) is 11.8 Å². The molecule has 0 heterocycles. The van der Waals surface area contributed by atoms with Gasteiger partial charge < -0.3 is 15.8 Å². The first-order valence-corrected chi connectivity index (χ1v) is 7.16. The van der Waals surface area contributed by atoms with Gasteiger partial charge in [0.15, 0.2) is 0 Å². The van der Waals surface area contributed by atoms with Crippen LogP contribution in [-0.2, 0) is 11.3 Å². The second kappa shape index (κ2) is 7.09. The molecule has 0 saturated carbocycles. The number of ether oxygens (including phenoxy) is 1. The lowest BCUT2D eigenvalue weighted by atomic mass is 10.1. The molecule has 0 aliphatic rings. The van der Waals surface area contributed by atoms with Crippen LogP contribution in [0.2, 0.25) is 0 Å². The zero-order valence-electron chi connectivity index (χ0n) is 12.6. The minimum atomic E-state index is 0.0442. The van der Waals surface area contributed by atoms with Crippen LogP contribution in [0.3, 0.4) is 0 Å². The standard InChI is InChI=1S/C17H22N2O2/c1-12(10-18)7-17(20)19-11-13-3-4-15-9-16(21-2)6-5-14(15)8-13/h3-6,8-9,12H,7,10-11,18H2,1-2H3,(H,19,20). The maximum absolute atomic E-state index is 11.7. The molecule has 1 unspecified atom stereocenters. The van der Waals surface area contributed by atoms with Crippen molar-refractivity contribution in [1.82, 2.24) is 5.32 Å². The largest absolute Gasteiger partial charge is 0.497 e. The molecule has 4 heteroatoms. The van der Waals surface area contributed by atoms with E-state index in [0.29, 0.717) is 19.5 Å². The summed E-state index contributed by atoms with van der Waals surface area (Å²) >= 11 is 0. The predicted octanol–water partition coefficient (Wildman–Crippen LogP) is 2.45. The Morgan fingerprint density at radius 1 is 1.24 bits per heavy atom. The highest BCUT2D eigenvalue weighted by Crippen LogP contribution is 2.21. The monoisotopic (exact) mass is 286 g/mol. The van der Waals surface area contributed by atoms with Gasteiger partial charge in [-0.25, -0.2) is 0 Å². The van der Waals surface area contributed by atoms with Crippen LogP contribution in [0.4, 0.5) is 0 Å². The van der Waals surface area contributed by atoms with Crippen LogP contribution < -0.4 is 15.8 Å². The van der Waals surface area contributed by atoms with Crippen molar-refractivity contribution in [2.45, 2.75) is 19.9 Å². The minimum Gasteiger partial charge on any atom is -0.497 e. The number of nitrogens with two attached hydrogens (primary N) is 1. The lowest BCUT2D eigenvalue weighted by Gasteiger charge is -2.10. The van der Waals surface area contributed by atoms with Gasteiger partial charge in [0.05, 0.1) is 7.11 Å². The summed E-state index contributed by atoms with van der Waals surface area (Å²) in [6.07, 6.45) is 0.473. The second-order valence-corrected chi connectivity index (χ2v) is 5.37. The van der Waals surface area contributed by atoms with Gasteiger partial charge in [0.25, 0.3) is 0 Å². The Balaban J connectivity index is 2.01. The molecule has 21 heavy (non-hydrogen) atoms. The summed E-state index contributed by atoms with van der Waals surface area (Å²) in [5.41, 5.74) is 6.61. The van der Waals surface area contributed by atoms with Crippen LogP contribution in [0.5, 0.6) is 5.75 Å². The third-order valence-electron chi connectivity index (χ3n) is 3.54. The summed E-state index contributed by atoms with van der Waals surface area (Å²) in [5, 5.41) is 5.20. The number of nitrogens with one attached hydrogen (secondary N) is 1. The molecule has 112 valence electrons. The molecule has 4 nitrogen and oxygen atoms in total. The smallest absolute Gasteiger partial charge is 0.220 e. The van der Waals surface area contributed by atoms with Crippen LogP contribution in [0.15, 0.2) is 36.4 Å². The van der Waals surface area contributed by atoms with E-state index < -0.39 is 0 Å². The molecular formula is C17H22N2O2. The molecule has 2 rings (SSSR count). The molecule has 1 atom stereocenters. The molecular weight excluding hydrogens is 264 g/mol. The molecule has 0 aromatic heterocycles. The number of carbonyl (C=O) groups excluding carboxylic acids is 1. The zero-order chi connectivity index (χ0) is 15.2. The van der Waals surface area contributed by atoms with Crippen molar-refractivity contribution < 1.29 is 9.53 Å². The fourth-order valence-corrected chi connectivity index (χ4v) is 2.18. The van der Waals surface area contributed by atoms with Crippen molar-refractivity contribution >= 4 is 16.7 Å². The number of carbonyl (C=O) groups is 1. The Bertz CT molecular complexity index is 625. The average molecular weight is 286 g/mol. The zero-order valence-corrected chi connectivity index (χ0v) is 12.6. The number of rotatable bonds is 6. The van der Waals surface area contributed by atoms with E-state index in [1.165, 1.54) is 0 Å². The third-order valence-corrected chi connectivity index (χ3v) is 3.54. The van der Waals surface area contributed by atoms with E-state index in [2.05, 4.69) is 11.4 Å². The lowest BCUT2D eigenvalue weighted by Crippen LogP contribution is -2.26. The summed E-state index contributed by atoms with van der Waals surface area (Å²) < 4.78 is 5.21. The summed E-state index contributed by atoms with van der Waals surface area (Å²) in [6.45, 7) is 3.05. The lowest BCUT2D eigenvalue weighted by molar-refractivity contribution is -0.122. The van der Waals surface area contributed by atoms with Gasteiger partial charge in [-0.2, -0.15) is 0 Å². The van der Waals surface area contributed by atoms with Crippen LogP contribution >= 0.6 is 0 Å². The molecule has 3 N–H and O–H groups in total. The first-order chi connectivity index (χ1) is 10.1. The van der Waals surface area contributed by atoms with Gasteiger partial charge in [-0.3, -0.25) is 4.79 Å². The Morgan fingerprint density at radius 3 is 2.67 bits per heavy atom. The highest BCUT2D eigenvalue weighted by Gasteiger charge is 2.07. The molecule has 0 aliphatic carbocycles. The highest BCUT2D eigenvalue weighted by atomic mass is 16.5. The molecule has 0 aliphatic heterocycles. The Hall–Kier alpha value is -2.07. The van der Waals surface area contributed by atoms with Crippen molar-refractivity contribution in [2.75, 3.05) is 13.7 Å². The van der Waals surface area contributed by atoms with Crippen molar-refractivity contribution in [3.05, 3.63) is 42.0 Å². The maximum atomic E-state index is 11.7. The van der Waals surface area contributed by atoms with E-state index >= 15 is 0 Å². The van der Waals surface area contributed by atoms with Gasteiger partial charge in [0.1, 0.15) is 5.75 Å². The molecule has 1 amide bonds.